The Kier molecular flexibility index (Phi) is 4.79. The molecule has 0 radical (unpaired) electrons. The molecule has 1 aromatic rings. The summed E-state index contributed by atoms with van der Waals surface area (Å²) in [5, 5.41) is 0. The molecule has 1 saturated carbocycles. The molecule has 0 bridgehead atoms. The fourth-order valence-corrected chi connectivity index (χ4v) is 2.76. The van der Waals surface area contributed by atoms with E-state index in [1.165, 1.54) is 30.5 Å². The second-order valence-electron chi connectivity index (χ2n) is 5.33. The average Bonchev–Trinajstić information content (AvgIpc) is 3.23. The van der Waals surface area contributed by atoms with Crippen LogP contribution in [0.2, 0.25) is 0 Å². The number of hydrogen-bond acceptors (Lipinski definition) is 2. The molecule has 0 heterocycles. The van der Waals surface area contributed by atoms with Crippen LogP contribution in [0.15, 0.2) is 24.3 Å². The lowest BCUT2D eigenvalue weighted by atomic mass is 9.97. The van der Waals surface area contributed by atoms with E-state index >= 15 is 0 Å². The van der Waals surface area contributed by atoms with Crippen molar-refractivity contribution in [3.63, 3.8) is 0 Å². The number of nitrogens with two attached hydrogens (primary N) is 1. The molecule has 0 amide bonds. The standard InChI is InChI=1S/C16H26N2/c1-3-14-7-5-6-8-15(14)16(11-17)18(4-2)12-13-9-10-13/h5-8,13,16H,3-4,9-12,17H2,1-2H3. The minimum absolute atomic E-state index is 0.395. The van der Waals surface area contributed by atoms with Crippen molar-refractivity contribution in [1.82, 2.24) is 4.90 Å². The fraction of sp³-hybridized carbons (Fsp3) is 0.625. The number of rotatable bonds is 7. The van der Waals surface area contributed by atoms with E-state index in [1.54, 1.807) is 0 Å². The van der Waals surface area contributed by atoms with Crippen LogP contribution < -0.4 is 5.73 Å². The lowest BCUT2D eigenvalue weighted by Crippen LogP contribution is -2.35. The molecule has 100 valence electrons. The van der Waals surface area contributed by atoms with Crippen LogP contribution in [-0.4, -0.2) is 24.5 Å². The minimum Gasteiger partial charge on any atom is -0.329 e. The van der Waals surface area contributed by atoms with Crippen molar-refractivity contribution in [3.8, 4) is 0 Å². The molecule has 1 aliphatic carbocycles. The first-order valence-corrected chi connectivity index (χ1v) is 7.32. The van der Waals surface area contributed by atoms with Crippen molar-refractivity contribution in [2.45, 2.75) is 39.2 Å². The summed E-state index contributed by atoms with van der Waals surface area (Å²) >= 11 is 0. The summed E-state index contributed by atoms with van der Waals surface area (Å²) in [5.41, 5.74) is 8.94. The van der Waals surface area contributed by atoms with Crippen molar-refractivity contribution >= 4 is 0 Å². The zero-order valence-electron chi connectivity index (χ0n) is 11.7. The zero-order chi connectivity index (χ0) is 13.0. The van der Waals surface area contributed by atoms with Crippen LogP contribution in [0, 0.1) is 5.92 Å². The maximum Gasteiger partial charge on any atom is 0.0473 e. The summed E-state index contributed by atoms with van der Waals surface area (Å²) < 4.78 is 0. The van der Waals surface area contributed by atoms with Gasteiger partial charge in [-0.15, -0.1) is 0 Å². The van der Waals surface area contributed by atoms with Gasteiger partial charge in [-0.1, -0.05) is 38.1 Å². The molecule has 2 nitrogen and oxygen atoms in total. The highest BCUT2D eigenvalue weighted by Crippen LogP contribution is 2.33. The first kappa shape index (κ1) is 13.6. The summed E-state index contributed by atoms with van der Waals surface area (Å²) in [7, 11) is 0. The van der Waals surface area contributed by atoms with Crippen molar-refractivity contribution < 1.29 is 0 Å². The van der Waals surface area contributed by atoms with E-state index in [0.717, 1.165) is 25.4 Å². The SMILES string of the molecule is CCc1ccccc1C(CN)N(CC)CC1CC1. The Morgan fingerprint density at radius 3 is 2.56 bits per heavy atom. The van der Waals surface area contributed by atoms with Gasteiger partial charge in [-0.3, -0.25) is 4.90 Å². The normalized spacial score (nSPS) is 17.1. The Labute approximate surface area is 111 Å². The molecule has 1 fully saturated rings. The molecule has 0 aliphatic heterocycles. The van der Waals surface area contributed by atoms with E-state index in [4.69, 9.17) is 5.73 Å². The van der Waals surface area contributed by atoms with Gasteiger partial charge in [0, 0.05) is 19.1 Å². The monoisotopic (exact) mass is 246 g/mol. The van der Waals surface area contributed by atoms with Crippen LogP contribution in [0.4, 0.5) is 0 Å². The van der Waals surface area contributed by atoms with Crippen LogP contribution in [0.25, 0.3) is 0 Å². The van der Waals surface area contributed by atoms with Gasteiger partial charge in [0.25, 0.3) is 0 Å². The van der Waals surface area contributed by atoms with Gasteiger partial charge in [0.05, 0.1) is 0 Å². The molecule has 0 aromatic heterocycles. The van der Waals surface area contributed by atoms with Gasteiger partial charge in [0.1, 0.15) is 0 Å². The Morgan fingerprint density at radius 2 is 2.00 bits per heavy atom. The van der Waals surface area contributed by atoms with E-state index < -0.39 is 0 Å². The van der Waals surface area contributed by atoms with Crippen molar-refractivity contribution in [1.29, 1.82) is 0 Å². The van der Waals surface area contributed by atoms with Crippen molar-refractivity contribution in [2.24, 2.45) is 11.7 Å². The molecule has 0 saturated heterocycles. The predicted molar refractivity (Wildman–Crippen MR) is 77.6 cm³/mol. The Morgan fingerprint density at radius 1 is 1.28 bits per heavy atom. The number of benzene rings is 1. The summed E-state index contributed by atoms with van der Waals surface area (Å²) in [5.74, 6) is 0.924. The molecule has 2 rings (SSSR count). The number of hydrogen-bond donors (Lipinski definition) is 1. The number of aryl methyl sites for hydroxylation is 1. The Balaban J connectivity index is 2.18. The van der Waals surface area contributed by atoms with Gasteiger partial charge >= 0.3 is 0 Å². The number of nitrogens with zero attached hydrogens (tertiary/aromatic N) is 1. The van der Waals surface area contributed by atoms with Gasteiger partial charge < -0.3 is 5.73 Å². The highest BCUT2D eigenvalue weighted by Gasteiger charge is 2.28. The highest BCUT2D eigenvalue weighted by atomic mass is 15.2. The largest absolute Gasteiger partial charge is 0.329 e. The molecular weight excluding hydrogens is 220 g/mol. The summed E-state index contributed by atoms with van der Waals surface area (Å²) in [6, 6.07) is 9.16. The second-order valence-corrected chi connectivity index (χ2v) is 5.33. The molecule has 1 unspecified atom stereocenters. The first-order chi connectivity index (χ1) is 8.80. The molecular formula is C16H26N2. The third-order valence-corrected chi connectivity index (χ3v) is 4.05. The number of likely N-dealkylation sites (N-methyl/N-ethyl adjacent to an activating group) is 1. The second kappa shape index (κ2) is 6.35. The van der Waals surface area contributed by atoms with E-state index in [-0.39, 0.29) is 0 Å². The minimum atomic E-state index is 0.395. The van der Waals surface area contributed by atoms with Crippen LogP contribution in [-0.2, 0) is 6.42 Å². The van der Waals surface area contributed by atoms with Gasteiger partial charge in [0.15, 0.2) is 0 Å². The zero-order valence-corrected chi connectivity index (χ0v) is 11.7. The predicted octanol–water partition coefficient (Wildman–Crippen LogP) is 2.98. The summed E-state index contributed by atoms with van der Waals surface area (Å²) in [4.78, 5) is 2.56. The lowest BCUT2D eigenvalue weighted by Gasteiger charge is -2.31. The van der Waals surface area contributed by atoms with Gasteiger partial charge in [-0.25, -0.2) is 0 Å². The fourth-order valence-electron chi connectivity index (χ4n) is 2.76. The third kappa shape index (κ3) is 3.12. The molecule has 1 aliphatic rings. The average molecular weight is 246 g/mol. The van der Waals surface area contributed by atoms with E-state index in [1.807, 2.05) is 0 Å². The Hall–Kier alpha value is -0.860. The highest BCUT2D eigenvalue weighted by molar-refractivity contribution is 5.30. The van der Waals surface area contributed by atoms with Gasteiger partial charge in [0.2, 0.25) is 0 Å². The summed E-state index contributed by atoms with van der Waals surface area (Å²) in [6.07, 6.45) is 3.90. The maximum atomic E-state index is 6.06. The first-order valence-electron chi connectivity index (χ1n) is 7.32. The van der Waals surface area contributed by atoms with Crippen LogP contribution in [0.5, 0.6) is 0 Å². The maximum absolute atomic E-state index is 6.06. The molecule has 2 heteroatoms. The van der Waals surface area contributed by atoms with E-state index in [0.29, 0.717) is 6.04 Å². The molecule has 1 aromatic carbocycles. The topological polar surface area (TPSA) is 29.3 Å². The van der Waals surface area contributed by atoms with Gasteiger partial charge in [-0.05, 0) is 42.9 Å². The van der Waals surface area contributed by atoms with Gasteiger partial charge in [-0.2, -0.15) is 0 Å². The van der Waals surface area contributed by atoms with Crippen LogP contribution >= 0.6 is 0 Å². The molecule has 2 N–H and O–H groups in total. The van der Waals surface area contributed by atoms with E-state index in [2.05, 4.69) is 43.0 Å². The smallest absolute Gasteiger partial charge is 0.0473 e. The summed E-state index contributed by atoms with van der Waals surface area (Å²) in [6.45, 7) is 7.51. The molecule has 18 heavy (non-hydrogen) atoms. The third-order valence-electron chi connectivity index (χ3n) is 4.05. The van der Waals surface area contributed by atoms with Crippen LogP contribution in [0.3, 0.4) is 0 Å². The lowest BCUT2D eigenvalue weighted by molar-refractivity contribution is 0.203. The van der Waals surface area contributed by atoms with Crippen molar-refractivity contribution in [2.75, 3.05) is 19.6 Å². The molecule has 0 spiro atoms. The Bertz CT molecular complexity index is 371. The van der Waals surface area contributed by atoms with E-state index in [9.17, 15) is 0 Å². The van der Waals surface area contributed by atoms with Crippen molar-refractivity contribution in [3.05, 3.63) is 35.4 Å². The quantitative estimate of drug-likeness (QED) is 0.801. The van der Waals surface area contributed by atoms with Crippen LogP contribution in [0.1, 0.15) is 43.9 Å². The molecule has 1 atom stereocenters.